The molecule has 3 N–H and O–H groups in total. The van der Waals surface area contributed by atoms with Gasteiger partial charge in [0.1, 0.15) is 0 Å². The summed E-state index contributed by atoms with van der Waals surface area (Å²) in [5.74, 6) is -4.97. The van der Waals surface area contributed by atoms with Gasteiger partial charge in [0.2, 0.25) is 5.91 Å². The standard InChI is InChI=1S/C22H24F3N3O2/c23-16-11-12-17(20(25)19(16)24)27-18(29)13-26-22(30)28-21(14-7-3-1-4-8-14)15-9-5-2-6-10-15/h1,3-4,7-8,11-12,15,21H,2,5-6,9-10,13H2,(H,27,29)(H2,26,28,30). The molecule has 5 nitrogen and oxygen atoms in total. The third kappa shape index (κ3) is 5.52. The van der Waals surface area contributed by atoms with E-state index in [4.69, 9.17) is 0 Å². The van der Waals surface area contributed by atoms with Crippen LogP contribution < -0.4 is 16.0 Å². The van der Waals surface area contributed by atoms with Crippen LogP contribution in [0.15, 0.2) is 42.5 Å². The maximum Gasteiger partial charge on any atom is 0.315 e. The van der Waals surface area contributed by atoms with E-state index in [1.54, 1.807) is 0 Å². The van der Waals surface area contributed by atoms with Crippen LogP contribution in [0.3, 0.4) is 0 Å². The first-order valence-corrected chi connectivity index (χ1v) is 9.98. The highest BCUT2D eigenvalue weighted by Crippen LogP contribution is 2.34. The van der Waals surface area contributed by atoms with E-state index in [2.05, 4.69) is 16.0 Å². The second-order valence-electron chi connectivity index (χ2n) is 7.38. The van der Waals surface area contributed by atoms with Gasteiger partial charge in [0, 0.05) is 0 Å². The van der Waals surface area contributed by atoms with Crippen LogP contribution in [0.5, 0.6) is 0 Å². The van der Waals surface area contributed by atoms with Gasteiger partial charge in [-0.2, -0.15) is 0 Å². The lowest BCUT2D eigenvalue weighted by Crippen LogP contribution is -2.43. The molecule has 2 aromatic rings. The molecule has 1 fully saturated rings. The summed E-state index contributed by atoms with van der Waals surface area (Å²) in [4.78, 5) is 24.4. The number of halogens is 3. The van der Waals surface area contributed by atoms with Crippen LogP contribution in [-0.4, -0.2) is 18.5 Å². The lowest BCUT2D eigenvalue weighted by Gasteiger charge is -2.31. The number of hydrogen-bond donors (Lipinski definition) is 3. The zero-order chi connectivity index (χ0) is 21.5. The molecule has 0 heterocycles. The van der Waals surface area contributed by atoms with Crippen LogP contribution in [0.4, 0.5) is 23.7 Å². The highest BCUT2D eigenvalue weighted by Gasteiger charge is 2.26. The summed E-state index contributed by atoms with van der Waals surface area (Å²) in [6.07, 6.45) is 5.43. The molecule has 1 atom stereocenters. The van der Waals surface area contributed by atoms with Gasteiger partial charge in [-0.25, -0.2) is 18.0 Å². The van der Waals surface area contributed by atoms with E-state index in [9.17, 15) is 22.8 Å². The summed E-state index contributed by atoms with van der Waals surface area (Å²) in [6.45, 7) is -0.448. The molecule has 0 saturated heterocycles. The monoisotopic (exact) mass is 419 g/mol. The minimum Gasteiger partial charge on any atom is -0.331 e. The predicted molar refractivity (Wildman–Crippen MR) is 107 cm³/mol. The molecule has 0 radical (unpaired) electrons. The molecular formula is C22H24F3N3O2. The van der Waals surface area contributed by atoms with Crippen molar-refractivity contribution < 1.29 is 22.8 Å². The van der Waals surface area contributed by atoms with E-state index < -0.39 is 41.6 Å². The van der Waals surface area contributed by atoms with E-state index in [1.165, 1.54) is 6.42 Å². The Morgan fingerprint density at radius 2 is 1.63 bits per heavy atom. The number of benzene rings is 2. The van der Waals surface area contributed by atoms with Gasteiger partial charge in [-0.3, -0.25) is 4.79 Å². The number of anilines is 1. The zero-order valence-corrected chi connectivity index (χ0v) is 16.4. The zero-order valence-electron chi connectivity index (χ0n) is 16.4. The molecule has 1 aliphatic rings. The van der Waals surface area contributed by atoms with E-state index in [1.807, 2.05) is 30.3 Å². The van der Waals surface area contributed by atoms with Gasteiger partial charge >= 0.3 is 6.03 Å². The summed E-state index contributed by atoms with van der Waals surface area (Å²) in [7, 11) is 0. The maximum atomic E-state index is 13.7. The Balaban J connectivity index is 1.57. The highest BCUT2D eigenvalue weighted by molar-refractivity contribution is 5.94. The van der Waals surface area contributed by atoms with Crippen molar-refractivity contribution in [2.24, 2.45) is 5.92 Å². The van der Waals surface area contributed by atoms with E-state index in [0.717, 1.165) is 37.3 Å². The first kappa shape index (κ1) is 21.7. The van der Waals surface area contributed by atoms with Crippen molar-refractivity contribution in [1.29, 1.82) is 0 Å². The lowest BCUT2D eigenvalue weighted by atomic mass is 9.81. The number of carbonyl (C=O) groups is 2. The molecule has 0 aliphatic heterocycles. The molecule has 1 saturated carbocycles. The number of rotatable bonds is 6. The van der Waals surface area contributed by atoms with Crippen LogP contribution in [0.1, 0.15) is 43.7 Å². The van der Waals surface area contributed by atoms with Gasteiger partial charge in [0.25, 0.3) is 0 Å². The Morgan fingerprint density at radius 1 is 0.933 bits per heavy atom. The lowest BCUT2D eigenvalue weighted by molar-refractivity contribution is -0.115. The maximum absolute atomic E-state index is 13.7. The fourth-order valence-corrected chi connectivity index (χ4v) is 3.77. The van der Waals surface area contributed by atoms with E-state index >= 15 is 0 Å². The molecule has 1 unspecified atom stereocenters. The van der Waals surface area contributed by atoms with Gasteiger partial charge in [-0.15, -0.1) is 0 Å². The summed E-state index contributed by atoms with van der Waals surface area (Å²) < 4.78 is 39.9. The van der Waals surface area contributed by atoms with Crippen molar-refractivity contribution in [3.05, 3.63) is 65.5 Å². The fraction of sp³-hybridized carbons (Fsp3) is 0.364. The number of nitrogens with one attached hydrogen (secondary N) is 3. The van der Waals surface area contributed by atoms with Gasteiger partial charge in [0.15, 0.2) is 17.5 Å². The minimum atomic E-state index is -1.67. The van der Waals surface area contributed by atoms with Crippen molar-refractivity contribution in [3.8, 4) is 0 Å². The van der Waals surface area contributed by atoms with Crippen LogP contribution in [0.25, 0.3) is 0 Å². The van der Waals surface area contributed by atoms with Crippen LogP contribution in [0, 0.1) is 23.4 Å². The predicted octanol–water partition coefficient (Wildman–Crippen LogP) is 4.66. The summed E-state index contributed by atoms with van der Waals surface area (Å²) >= 11 is 0. The number of amides is 3. The number of hydrogen-bond acceptors (Lipinski definition) is 2. The summed E-state index contributed by atoms with van der Waals surface area (Å²) in [6, 6.07) is 10.6. The van der Waals surface area contributed by atoms with Crippen LogP contribution in [0.2, 0.25) is 0 Å². The van der Waals surface area contributed by atoms with E-state index in [0.29, 0.717) is 12.0 Å². The average molecular weight is 419 g/mol. The Hall–Kier alpha value is -3.03. The Labute approximate surface area is 173 Å². The highest BCUT2D eigenvalue weighted by atomic mass is 19.2. The first-order chi connectivity index (χ1) is 14.5. The average Bonchev–Trinajstić information content (AvgIpc) is 2.77. The van der Waals surface area contributed by atoms with Crippen molar-refractivity contribution in [2.45, 2.75) is 38.1 Å². The Bertz CT molecular complexity index is 887. The van der Waals surface area contributed by atoms with Crippen molar-refractivity contribution >= 4 is 17.6 Å². The van der Waals surface area contributed by atoms with Gasteiger partial charge < -0.3 is 16.0 Å². The molecular weight excluding hydrogens is 395 g/mol. The Kier molecular flexibility index (Phi) is 7.32. The molecule has 8 heteroatoms. The third-order valence-corrected chi connectivity index (χ3v) is 5.29. The molecule has 160 valence electrons. The topological polar surface area (TPSA) is 70.2 Å². The van der Waals surface area contributed by atoms with E-state index in [-0.39, 0.29) is 6.04 Å². The second-order valence-corrected chi connectivity index (χ2v) is 7.38. The van der Waals surface area contributed by atoms with Crippen LogP contribution in [-0.2, 0) is 4.79 Å². The largest absolute Gasteiger partial charge is 0.331 e. The fourth-order valence-electron chi connectivity index (χ4n) is 3.77. The third-order valence-electron chi connectivity index (χ3n) is 5.29. The summed E-state index contributed by atoms with van der Waals surface area (Å²) in [5, 5.41) is 7.49. The summed E-state index contributed by atoms with van der Waals surface area (Å²) in [5.41, 5.74) is 0.498. The Morgan fingerprint density at radius 3 is 2.33 bits per heavy atom. The van der Waals surface area contributed by atoms with Crippen LogP contribution >= 0.6 is 0 Å². The molecule has 3 amide bonds. The molecule has 0 aromatic heterocycles. The molecule has 3 rings (SSSR count). The minimum absolute atomic E-state index is 0.182. The van der Waals surface area contributed by atoms with Crippen molar-refractivity contribution in [3.63, 3.8) is 0 Å². The molecule has 2 aromatic carbocycles. The van der Waals surface area contributed by atoms with Gasteiger partial charge in [-0.05, 0) is 36.5 Å². The number of carbonyl (C=O) groups excluding carboxylic acids is 2. The quantitative estimate of drug-likeness (QED) is 0.596. The first-order valence-electron chi connectivity index (χ1n) is 9.98. The smallest absolute Gasteiger partial charge is 0.315 e. The molecule has 0 spiro atoms. The van der Waals surface area contributed by atoms with Crippen molar-refractivity contribution in [1.82, 2.24) is 10.6 Å². The normalized spacial score (nSPS) is 15.3. The van der Waals surface area contributed by atoms with Gasteiger partial charge in [0.05, 0.1) is 18.3 Å². The molecule has 1 aliphatic carbocycles. The number of urea groups is 1. The van der Waals surface area contributed by atoms with Gasteiger partial charge in [-0.1, -0.05) is 49.6 Å². The second kappa shape index (κ2) is 10.1. The molecule has 30 heavy (non-hydrogen) atoms. The molecule has 0 bridgehead atoms. The van der Waals surface area contributed by atoms with Crippen molar-refractivity contribution in [2.75, 3.05) is 11.9 Å². The SMILES string of the molecule is O=C(CNC(=O)NC(c1ccccc1)C1CCCCC1)Nc1ccc(F)c(F)c1F.